The molecule has 0 amide bonds. The topological polar surface area (TPSA) is 52.6 Å². The van der Waals surface area contributed by atoms with Gasteiger partial charge in [-0.1, -0.05) is 56.6 Å². The van der Waals surface area contributed by atoms with Crippen LogP contribution < -0.4 is 0 Å². The Morgan fingerprint density at radius 1 is 1.21 bits per heavy atom. The van der Waals surface area contributed by atoms with Crippen molar-refractivity contribution in [1.29, 1.82) is 0 Å². The summed E-state index contributed by atoms with van der Waals surface area (Å²) in [6.45, 7) is 8.88. The average molecular weight is 421 g/mol. The molecule has 1 aliphatic rings. The Morgan fingerprint density at radius 2 is 1.97 bits per heavy atom. The lowest BCUT2D eigenvalue weighted by atomic mass is 9.90. The average Bonchev–Trinajstić information content (AvgIpc) is 3.01. The first kappa shape index (κ1) is 25.6. The summed E-state index contributed by atoms with van der Waals surface area (Å²) in [4.78, 5) is 23.4. The molecule has 0 aliphatic heterocycles. The standard InChI is InChI=1S/C24H40O4Si/c1-6-7-10-13-21(28-29(3,4)5)18-16-20-17-19-23(25)22(20)14-11-8-9-12-15-24(26)27-2/h8,11,16-22H,6-7,9-10,12-15H2,1-5H3/b11-8+,18-16+. The van der Waals surface area contributed by atoms with E-state index in [2.05, 4.69) is 55.6 Å². The van der Waals surface area contributed by atoms with Gasteiger partial charge in [0.2, 0.25) is 0 Å². The van der Waals surface area contributed by atoms with Gasteiger partial charge in [0.05, 0.1) is 13.2 Å². The number of carbonyl (C=O) groups is 2. The Kier molecular flexibility index (Phi) is 12.1. The van der Waals surface area contributed by atoms with Gasteiger partial charge in [0.1, 0.15) is 0 Å². The lowest BCUT2D eigenvalue weighted by Crippen LogP contribution is -2.31. The molecule has 0 N–H and O–H groups in total. The zero-order chi connectivity index (χ0) is 21.7. The number of rotatable bonds is 14. The van der Waals surface area contributed by atoms with E-state index in [0.29, 0.717) is 6.42 Å². The van der Waals surface area contributed by atoms with Crippen molar-refractivity contribution in [2.75, 3.05) is 7.11 Å². The molecule has 29 heavy (non-hydrogen) atoms. The molecule has 1 aliphatic carbocycles. The smallest absolute Gasteiger partial charge is 0.305 e. The lowest BCUT2D eigenvalue weighted by molar-refractivity contribution is -0.140. The first-order valence-corrected chi connectivity index (χ1v) is 14.5. The van der Waals surface area contributed by atoms with Crippen LogP contribution in [0.3, 0.4) is 0 Å². The second-order valence-electron chi connectivity index (χ2n) is 8.77. The van der Waals surface area contributed by atoms with Crippen LogP contribution in [0.2, 0.25) is 19.6 Å². The number of ether oxygens (including phenoxy) is 1. The molecule has 4 nitrogen and oxygen atoms in total. The molecule has 3 unspecified atom stereocenters. The molecule has 0 aromatic heterocycles. The highest BCUT2D eigenvalue weighted by molar-refractivity contribution is 6.69. The fourth-order valence-electron chi connectivity index (χ4n) is 3.45. The van der Waals surface area contributed by atoms with E-state index in [-0.39, 0.29) is 29.7 Å². The highest BCUT2D eigenvalue weighted by Gasteiger charge is 2.27. The highest BCUT2D eigenvalue weighted by Crippen LogP contribution is 2.28. The summed E-state index contributed by atoms with van der Waals surface area (Å²) in [5.41, 5.74) is 0. The largest absolute Gasteiger partial charge is 0.469 e. The lowest BCUT2D eigenvalue weighted by Gasteiger charge is -2.25. The normalized spacial score (nSPS) is 20.8. The number of esters is 1. The molecule has 164 valence electrons. The van der Waals surface area contributed by atoms with E-state index in [0.717, 1.165) is 25.7 Å². The predicted molar refractivity (Wildman–Crippen MR) is 122 cm³/mol. The van der Waals surface area contributed by atoms with Crippen molar-refractivity contribution in [3.63, 3.8) is 0 Å². The Labute approximate surface area is 178 Å². The summed E-state index contributed by atoms with van der Waals surface area (Å²) in [6.07, 6.45) is 19.8. The summed E-state index contributed by atoms with van der Waals surface area (Å²) in [7, 11) is -0.203. The zero-order valence-electron chi connectivity index (χ0n) is 19.0. The van der Waals surface area contributed by atoms with E-state index in [9.17, 15) is 9.59 Å². The van der Waals surface area contributed by atoms with Crippen molar-refractivity contribution < 1.29 is 18.8 Å². The van der Waals surface area contributed by atoms with Crippen LogP contribution in [0.25, 0.3) is 0 Å². The molecule has 0 heterocycles. The predicted octanol–water partition coefficient (Wildman–Crippen LogP) is 6.00. The quantitative estimate of drug-likeness (QED) is 0.150. The number of methoxy groups -OCH3 is 1. The van der Waals surface area contributed by atoms with E-state index in [1.54, 1.807) is 6.08 Å². The first-order chi connectivity index (χ1) is 13.8. The van der Waals surface area contributed by atoms with Gasteiger partial charge in [-0.2, -0.15) is 0 Å². The van der Waals surface area contributed by atoms with Crippen LogP contribution >= 0.6 is 0 Å². The number of hydrogen-bond acceptors (Lipinski definition) is 4. The first-order valence-electron chi connectivity index (χ1n) is 11.1. The SMILES string of the molecule is CCCCCC(/C=C/C1C=CC(=O)C1C/C=C/CCCC(=O)OC)O[Si](C)(C)C. The number of ketones is 1. The van der Waals surface area contributed by atoms with E-state index in [1.165, 1.54) is 26.4 Å². The molecule has 0 saturated carbocycles. The van der Waals surface area contributed by atoms with Gasteiger partial charge in [0.15, 0.2) is 14.1 Å². The van der Waals surface area contributed by atoms with Gasteiger partial charge < -0.3 is 9.16 Å². The van der Waals surface area contributed by atoms with Crippen LogP contribution in [-0.2, 0) is 18.8 Å². The van der Waals surface area contributed by atoms with Crippen molar-refractivity contribution in [2.45, 2.75) is 84.0 Å². The summed E-state index contributed by atoms with van der Waals surface area (Å²) in [5.74, 6) is 0.146. The minimum absolute atomic E-state index is 0.0220. The molecule has 5 heteroatoms. The van der Waals surface area contributed by atoms with Crippen LogP contribution in [0.5, 0.6) is 0 Å². The monoisotopic (exact) mass is 420 g/mol. The van der Waals surface area contributed by atoms with Crippen molar-refractivity contribution in [2.24, 2.45) is 11.8 Å². The Morgan fingerprint density at radius 3 is 2.62 bits per heavy atom. The van der Waals surface area contributed by atoms with Crippen LogP contribution in [-0.4, -0.2) is 33.3 Å². The Bertz CT molecular complexity index is 586. The Hall–Kier alpha value is -1.46. The molecule has 0 aromatic carbocycles. The molecule has 1 rings (SSSR count). The van der Waals surface area contributed by atoms with Gasteiger partial charge >= 0.3 is 5.97 Å². The maximum absolute atomic E-state index is 12.3. The third-order valence-electron chi connectivity index (χ3n) is 4.99. The minimum Gasteiger partial charge on any atom is -0.469 e. The molecular weight excluding hydrogens is 380 g/mol. The molecule has 0 saturated heterocycles. The van der Waals surface area contributed by atoms with E-state index < -0.39 is 8.32 Å². The third kappa shape index (κ3) is 11.3. The van der Waals surface area contributed by atoms with Crippen LogP contribution in [0.4, 0.5) is 0 Å². The summed E-state index contributed by atoms with van der Waals surface area (Å²) in [5, 5.41) is 0. The number of carbonyl (C=O) groups excluding carboxylic acids is 2. The summed E-state index contributed by atoms with van der Waals surface area (Å²) < 4.78 is 11.0. The summed E-state index contributed by atoms with van der Waals surface area (Å²) >= 11 is 0. The zero-order valence-corrected chi connectivity index (χ0v) is 20.0. The van der Waals surface area contributed by atoms with Crippen LogP contribution in [0.1, 0.15) is 58.3 Å². The van der Waals surface area contributed by atoms with Crippen molar-refractivity contribution in [1.82, 2.24) is 0 Å². The fraction of sp³-hybridized carbons (Fsp3) is 0.667. The fourth-order valence-corrected chi connectivity index (χ4v) is 4.55. The van der Waals surface area contributed by atoms with Gasteiger partial charge in [-0.3, -0.25) is 9.59 Å². The van der Waals surface area contributed by atoms with Gasteiger partial charge in [0.25, 0.3) is 0 Å². The van der Waals surface area contributed by atoms with Crippen LogP contribution in [0, 0.1) is 11.8 Å². The molecule has 0 fully saturated rings. The van der Waals surface area contributed by atoms with E-state index in [1.807, 2.05) is 6.08 Å². The number of allylic oxidation sites excluding steroid dienone is 5. The second kappa shape index (κ2) is 13.7. The van der Waals surface area contributed by atoms with E-state index >= 15 is 0 Å². The van der Waals surface area contributed by atoms with Gasteiger partial charge in [-0.15, -0.1) is 0 Å². The van der Waals surface area contributed by atoms with Gasteiger partial charge in [-0.25, -0.2) is 0 Å². The molecule has 3 atom stereocenters. The van der Waals surface area contributed by atoms with Crippen molar-refractivity contribution in [3.05, 3.63) is 36.5 Å². The minimum atomic E-state index is -1.61. The van der Waals surface area contributed by atoms with Crippen molar-refractivity contribution in [3.8, 4) is 0 Å². The van der Waals surface area contributed by atoms with E-state index in [4.69, 9.17) is 4.43 Å². The highest BCUT2D eigenvalue weighted by atomic mass is 28.4. The molecule has 0 radical (unpaired) electrons. The van der Waals surface area contributed by atoms with Gasteiger partial charge in [0, 0.05) is 18.3 Å². The maximum atomic E-state index is 12.3. The van der Waals surface area contributed by atoms with Crippen LogP contribution in [0.15, 0.2) is 36.5 Å². The van der Waals surface area contributed by atoms with Gasteiger partial charge in [-0.05, 0) is 51.4 Å². The van der Waals surface area contributed by atoms with Crippen molar-refractivity contribution >= 4 is 20.1 Å². The number of hydrogen-bond donors (Lipinski definition) is 0. The third-order valence-corrected chi connectivity index (χ3v) is 6.00. The maximum Gasteiger partial charge on any atom is 0.305 e. The Balaban J connectivity index is 2.58. The second-order valence-corrected chi connectivity index (χ2v) is 13.2. The summed E-state index contributed by atoms with van der Waals surface area (Å²) in [6, 6.07) is 0. The number of unbranched alkanes of at least 4 members (excludes halogenated alkanes) is 3. The molecule has 0 spiro atoms. The molecule has 0 aromatic rings. The molecular formula is C24H40O4Si. The molecule has 0 bridgehead atoms.